The molecule has 2 aromatic carbocycles. The van der Waals surface area contributed by atoms with Crippen LogP contribution in [0.3, 0.4) is 0 Å². The molecule has 0 saturated heterocycles. The number of carbonyl (C=O) groups excluding carboxylic acids is 2. The number of pyridine rings is 1. The number of benzene rings is 2. The van der Waals surface area contributed by atoms with Crippen LogP contribution < -0.4 is 10.1 Å². The summed E-state index contributed by atoms with van der Waals surface area (Å²) in [4.78, 5) is 27.7. The Morgan fingerprint density at radius 3 is 2.77 bits per heavy atom. The van der Waals surface area contributed by atoms with E-state index < -0.39 is 23.9 Å². The number of nitrogens with zero attached hydrogens (tertiary/aromatic N) is 1. The van der Waals surface area contributed by atoms with E-state index in [4.69, 9.17) is 8.85 Å². The van der Waals surface area contributed by atoms with Crippen molar-refractivity contribution in [2.75, 3.05) is 6.50 Å². The number of aryl methyl sites for hydroxylation is 1. The van der Waals surface area contributed by atoms with Crippen molar-refractivity contribution >= 4 is 22.5 Å². The summed E-state index contributed by atoms with van der Waals surface area (Å²) in [5, 5.41) is 13.3. The van der Waals surface area contributed by atoms with Gasteiger partial charge in [0.2, 0.25) is 0 Å². The summed E-state index contributed by atoms with van der Waals surface area (Å²) in [5.41, 5.74) is 0.0294. The maximum absolute atomic E-state index is 12.4. The van der Waals surface area contributed by atoms with Gasteiger partial charge >= 0.3 is 0 Å². The Hall–Kier alpha value is -3.41. The lowest BCUT2D eigenvalue weighted by Crippen LogP contribution is -2.29. The van der Waals surface area contributed by atoms with Crippen LogP contribution in [-0.2, 0) is 4.79 Å². The highest BCUT2D eigenvalue weighted by atomic mass is 16.5. The number of Topliss-reactive ketones (excluding diaryl/α,β-unsaturated/α-hetero) is 1. The number of aromatic nitrogens is 1. The normalized spacial score (nSPS) is 12.8. The molecule has 2 N–H and O–H groups in total. The van der Waals surface area contributed by atoms with Crippen molar-refractivity contribution in [3.8, 4) is 17.2 Å². The summed E-state index contributed by atoms with van der Waals surface area (Å²) >= 11 is 0. The van der Waals surface area contributed by atoms with E-state index in [-0.39, 0.29) is 5.69 Å². The molecule has 3 aromatic rings. The number of amides is 1. The lowest BCUT2D eigenvalue weighted by atomic mass is 10.1. The van der Waals surface area contributed by atoms with Gasteiger partial charge in [-0.3, -0.25) is 9.59 Å². The third kappa shape index (κ3) is 3.64. The predicted molar refractivity (Wildman–Crippen MR) is 97.7 cm³/mol. The Morgan fingerprint density at radius 1 is 1.23 bits per heavy atom. The minimum absolute atomic E-state index is 0.305. The SMILES string of the molecule is [2H]c1cccc(Oc2ccc3c(O)c(C(=O)NC([2H])([2H])C(C)=O)nc(C)c3c2)c1. The summed E-state index contributed by atoms with van der Waals surface area (Å²) in [5.74, 6) is -1.37. The van der Waals surface area contributed by atoms with Crippen LogP contribution in [-0.4, -0.2) is 28.3 Å². The minimum Gasteiger partial charge on any atom is -0.505 e. The van der Waals surface area contributed by atoms with Crippen LogP contribution >= 0.6 is 0 Å². The first-order valence-corrected chi connectivity index (χ1v) is 7.80. The quantitative estimate of drug-likeness (QED) is 0.734. The number of carbonyl (C=O) groups is 2. The number of ketones is 1. The van der Waals surface area contributed by atoms with Gasteiger partial charge in [-0.25, -0.2) is 4.98 Å². The van der Waals surface area contributed by atoms with E-state index in [1.54, 1.807) is 49.4 Å². The molecule has 1 aromatic heterocycles. The smallest absolute Gasteiger partial charge is 0.274 e. The largest absolute Gasteiger partial charge is 0.505 e. The number of nitrogens with one attached hydrogen (secondary N) is 1. The van der Waals surface area contributed by atoms with Crippen molar-refractivity contribution in [1.29, 1.82) is 0 Å². The predicted octanol–water partition coefficient (Wildman–Crippen LogP) is 3.36. The molecule has 26 heavy (non-hydrogen) atoms. The number of fused-ring (bicyclic) bond motifs is 1. The number of rotatable bonds is 5. The third-order valence-corrected chi connectivity index (χ3v) is 3.62. The molecule has 132 valence electrons. The van der Waals surface area contributed by atoms with E-state index in [1.807, 2.05) is 5.32 Å². The first kappa shape index (κ1) is 13.8. The molecule has 6 nitrogen and oxygen atoms in total. The van der Waals surface area contributed by atoms with Crippen LogP contribution in [0, 0.1) is 6.92 Å². The fourth-order valence-corrected chi connectivity index (χ4v) is 2.44. The molecular weight excluding hydrogens is 332 g/mol. The molecule has 1 heterocycles. The van der Waals surface area contributed by atoms with Gasteiger partial charge in [-0.2, -0.15) is 0 Å². The van der Waals surface area contributed by atoms with Crippen molar-refractivity contribution in [2.24, 2.45) is 0 Å². The highest BCUT2D eigenvalue weighted by Crippen LogP contribution is 2.33. The molecule has 3 rings (SSSR count). The van der Waals surface area contributed by atoms with E-state index in [0.29, 0.717) is 34.0 Å². The summed E-state index contributed by atoms with van der Waals surface area (Å²) in [6, 6.07) is 11.7. The Bertz CT molecular complexity index is 1130. The van der Waals surface area contributed by atoms with Crippen LogP contribution in [0.5, 0.6) is 17.2 Å². The molecular formula is C20H18N2O4. The number of hydrogen-bond acceptors (Lipinski definition) is 5. The summed E-state index contributed by atoms with van der Waals surface area (Å²) in [6.07, 6.45) is 0. The van der Waals surface area contributed by atoms with Crippen molar-refractivity contribution in [2.45, 2.75) is 13.8 Å². The van der Waals surface area contributed by atoms with E-state index in [2.05, 4.69) is 4.98 Å². The highest BCUT2D eigenvalue weighted by Gasteiger charge is 2.18. The van der Waals surface area contributed by atoms with Gasteiger partial charge in [0, 0.05) is 16.5 Å². The average molecular weight is 353 g/mol. The zero-order valence-electron chi connectivity index (χ0n) is 17.2. The van der Waals surface area contributed by atoms with Crippen molar-refractivity contribution in [3.63, 3.8) is 0 Å². The van der Waals surface area contributed by atoms with Crippen molar-refractivity contribution < 1.29 is 23.5 Å². The van der Waals surface area contributed by atoms with Gasteiger partial charge in [-0.05, 0) is 44.2 Å². The molecule has 6 heteroatoms. The molecule has 0 bridgehead atoms. The number of para-hydroxylation sites is 1. The lowest BCUT2D eigenvalue weighted by molar-refractivity contribution is -0.116. The Kier molecular flexibility index (Phi) is 3.84. The van der Waals surface area contributed by atoms with Crippen LogP contribution in [0.25, 0.3) is 10.8 Å². The van der Waals surface area contributed by atoms with E-state index in [0.717, 1.165) is 6.92 Å². The molecule has 0 spiro atoms. The van der Waals surface area contributed by atoms with Gasteiger partial charge in [0.15, 0.2) is 11.4 Å². The number of ether oxygens (including phenoxy) is 1. The maximum Gasteiger partial charge on any atom is 0.274 e. The lowest BCUT2D eigenvalue weighted by Gasteiger charge is -2.12. The summed E-state index contributed by atoms with van der Waals surface area (Å²) < 4.78 is 28.5. The van der Waals surface area contributed by atoms with Crippen molar-refractivity contribution in [1.82, 2.24) is 10.3 Å². The summed E-state index contributed by atoms with van der Waals surface area (Å²) in [6.45, 7) is 0.0711. The fourth-order valence-electron chi connectivity index (χ4n) is 2.44. The molecule has 0 atom stereocenters. The highest BCUT2D eigenvalue weighted by molar-refractivity contribution is 6.03. The van der Waals surface area contributed by atoms with Crippen molar-refractivity contribution in [3.05, 3.63) is 59.9 Å². The van der Waals surface area contributed by atoms with Crippen LogP contribution in [0.15, 0.2) is 48.5 Å². The Morgan fingerprint density at radius 2 is 2.04 bits per heavy atom. The maximum atomic E-state index is 12.4. The van der Waals surface area contributed by atoms with E-state index in [9.17, 15) is 14.7 Å². The zero-order valence-corrected chi connectivity index (χ0v) is 14.2. The molecule has 0 unspecified atom stereocenters. The van der Waals surface area contributed by atoms with Gasteiger partial charge in [0.05, 0.1) is 10.6 Å². The minimum atomic E-state index is -2.57. The van der Waals surface area contributed by atoms with Gasteiger partial charge in [0.25, 0.3) is 5.91 Å². The monoisotopic (exact) mass is 353 g/mol. The summed E-state index contributed by atoms with van der Waals surface area (Å²) in [7, 11) is 0. The molecule has 0 aliphatic carbocycles. The standard InChI is InChI=1S/C20H18N2O4/c1-12(23)11-21-20(25)18-19(24)16-9-8-15(10-17(16)13(2)22-18)26-14-6-4-3-5-7-14/h3-10,24H,11H2,1-2H3,(H,21,25)/i4D,11D2. The van der Waals surface area contributed by atoms with Crippen LogP contribution in [0.1, 0.15) is 27.2 Å². The Balaban J connectivity index is 1.97. The van der Waals surface area contributed by atoms with Gasteiger partial charge in [0.1, 0.15) is 17.3 Å². The second-order valence-electron chi connectivity index (χ2n) is 5.58. The average Bonchev–Trinajstić information content (AvgIpc) is 2.64. The number of hydrogen-bond donors (Lipinski definition) is 2. The molecule has 0 radical (unpaired) electrons. The Labute approximate surface area is 154 Å². The second-order valence-corrected chi connectivity index (χ2v) is 5.58. The second kappa shape index (κ2) is 7.23. The molecule has 1 amide bonds. The zero-order chi connectivity index (χ0) is 21.3. The van der Waals surface area contributed by atoms with Gasteiger partial charge < -0.3 is 15.2 Å². The topological polar surface area (TPSA) is 88.5 Å². The molecule has 0 fully saturated rings. The molecule has 0 aliphatic rings. The number of aromatic hydroxyl groups is 1. The van der Waals surface area contributed by atoms with Gasteiger partial charge in [-0.1, -0.05) is 18.2 Å². The van der Waals surface area contributed by atoms with Crippen LogP contribution in [0.2, 0.25) is 0 Å². The molecule has 0 aliphatic heterocycles. The molecule has 0 saturated carbocycles. The van der Waals surface area contributed by atoms with Gasteiger partial charge in [-0.15, -0.1) is 0 Å². The van der Waals surface area contributed by atoms with E-state index in [1.165, 1.54) is 0 Å². The first-order chi connectivity index (χ1) is 13.6. The first-order valence-electron chi connectivity index (χ1n) is 9.30. The third-order valence-electron chi connectivity index (χ3n) is 3.62. The van der Waals surface area contributed by atoms with E-state index >= 15 is 0 Å². The van der Waals surface area contributed by atoms with Crippen LogP contribution in [0.4, 0.5) is 0 Å². The fraction of sp³-hybridized carbons (Fsp3) is 0.150.